The van der Waals surface area contributed by atoms with Gasteiger partial charge in [-0.2, -0.15) is 20.1 Å². The van der Waals surface area contributed by atoms with Crippen LogP contribution >= 0.6 is 27.1 Å². The molecule has 350 valence electrons. The zero-order valence-corrected chi connectivity index (χ0v) is 39.4. The van der Waals surface area contributed by atoms with Gasteiger partial charge >= 0.3 is 27.4 Å². The quantitative estimate of drug-likeness (QED) is 0.0336. The molecule has 5 aromatic rings. The Labute approximate surface area is 381 Å². The monoisotopic (exact) mass is 959 g/mol. The van der Waals surface area contributed by atoms with Gasteiger partial charge in [-0.15, -0.1) is 0 Å². The van der Waals surface area contributed by atoms with Crippen molar-refractivity contribution in [3.05, 3.63) is 108 Å². The molecule has 8 atom stereocenters. The molecule has 1 aliphatic rings. The third-order valence-corrected chi connectivity index (χ3v) is 13.3. The number of carbonyl (C=O) groups excluding carboxylic acids is 2. The number of esters is 2. The molecule has 2 aromatic heterocycles. The third kappa shape index (κ3) is 12.9. The number of anilines is 1. The lowest BCUT2D eigenvalue weighted by Gasteiger charge is -2.33. The van der Waals surface area contributed by atoms with E-state index in [1.807, 2.05) is 30.3 Å². The zero-order valence-electron chi connectivity index (χ0n) is 36.8. The molecule has 0 amide bonds. The van der Waals surface area contributed by atoms with Crippen molar-refractivity contribution in [3.63, 3.8) is 0 Å². The minimum absolute atomic E-state index is 0.104. The Balaban J connectivity index is 1.35. The van der Waals surface area contributed by atoms with Gasteiger partial charge in [-0.05, 0) is 83.0 Å². The predicted octanol–water partition coefficient (Wildman–Crippen LogP) is 8.60. The second kappa shape index (κ2) is 21.6. The van der Waals surface area contributed by atoms with E-state index in [1.165, 1.54) is 55.9 Å². The summed E-state index contributed by atoms with van der Waals surface area (Å²) in [6.45, 7) is 9.91. The van der Waals surface area contributed by atoms with Crippen LogP contribution in [0, 0.1) is 5.41 Å². The normalized spacial score (nSPS) is 21.3. The molecule has 22 heteroatoms. The van der Waals surface area contributed by atoms with Crippen LogP contribution < -0.4 is 24.5 Å². The van der Waals surface area contributed by atoms with E-state index in [-0.39, 0.29) is 33.8 Å². The van der Waals surface area contributed by atoms with Crippen LogP contribution in [0.1, 0.15) is 60.3 Å². The van der Waals surface area contributed by atoms with Crippen LogP contribution in [0.5, 0.6) is 11.5 Å². The first kappa shape index (κ1) is 49.5. The van der Waals surface area contributed by atoms with E-state index in [0.29, 0.717) is 6.54 Å². The van der Waals surface area contributed by atoms with E-state index in [0.717, 1.165) is 5.56 Å². The van der Waals surface area contributed by atoms with Crippen molar-refractivity contribution in [1.29, 1.82) is 0 Å². The van der Waals surface area contributed by atoms with Gasteiger partial charge in [0.1, 0.15) is 23.6 Å². The third-order valence-electron chi connectivity index (χ3n) is 9.88. The number of carbonyl (C=O) groups is 2. The Morgan fingerprint density at radius 2 is 1.31 bits per heavy atom. The lowest BCUT2D eigenvalue weighted by atomic mass is 9.82. The highest BCUT2D eigenvalue weighted by Gasteiger charge is 2.57. The van der Waals surface area contributed by atoms with Gasteiger partial charge in [-0.25, -0.2) is 18.5 Å². The number of hydrogen-bond donors (Lipinski definition) is 3. The molecule has 0 bridgehead atoms. The van der Waals surface area contributed by atoms with E-state index in [4.69, 9.17) is 43.9 Å². The molecular weight excluding hydrogens is 907 g/mol. The fraction of sp³-hybridized carbons (Fsp3) is 0.419. The van der Waals surface area contributed by atoms with Crippen molar-refractivity contribution < 1.29 is 55.4 Å². The number of benzene rings is 3. The zero-order chi connectivity index (χ0) is 46.9. The van der Waals surface area contributed by atoms with Crippen LogP contribution in [0.3, 0.4) is 0 Å². The Morgan fingerprint density at radius 1 is 0.800 bits per heavy atom. The standard InChI is InChI=1S/C43H53ClFN7O11P2/c1-27(2)59-40(53)29(5)50-64(55,62-32-19-13-9-14-20-32)57-24-34-43(7,25-58-65(56,63-33-21-15-10-16-22-33)51-30(6)41(54)60-28(3)4)36(45)39(61-34)52-26-47-35-37(48-42(44)49-38(35)52)46-23-31-17-11-8-12-18-31/h8-22,26-30,34,36,39H,23-25H2,1-7H3,(H,50,55)(H,51,56)(H,46,48,49)/t29-,30-,34+,36?,39+,43?,64?,65?/m0/s1. The number of nitrogens with zero attached hydrogens (tertiary/aromatic N) is 4. The molecule has 6 rings (SSSR count). The highest BCUT2D eigenvalue weighted by molar-refractivity contribution is 7.52. The molecule has 1 saturated heterocycles. The maximum Gasteiger partial charge on any atom is 0.459 e. The Morgan fingerprint density at radius 3 is 1.83 bits per heavy atom. The average Bonchev–Trinajstić information content (AvgIpc) is 3.79. The van der Waals surface area contributed by atoms with E-state index >= 15 is 4.39 Å². The molecular formula is C43H53ClFN7O11P2. The van der Waals surface area contributed by atoms with Gasteiger partial charge in [0.15, 0.2) is 29.4 Å². The number of hydrogen-bond acceptors (Lipinski definition) is 15. The van der Waals surface area contributed by atoms with Crippen molar-refractivity contribution >= 4 is 56.0 Å². The number of alkyl halides is 1. The largest absolute Gasteiger partial charge is 0.462 e. The van der Waals surface area contributed by atoms with Crippen LogP contribution in [0.4, 0.5) is 10.2 Å². The van der Waals surface area contributed by atoms with Gasteiger partial charge < -0.3 is 28.6 Å². The number of aromatic nitrogens is 4. The molecule has 0 radical (unpaired) electrons. The minimum atomic E-state index is -4.57. The van der Waals surface area contributed by atoms with E-state index in [9.17, 15) is 18.7 Å². The van der Waals surface area contributed by atoms with Crippen molar-refractivity contribution in [3.8, 4) is 11.5 Å². The molecule has 3 aromatic carbocycles. The highest BCUT2D eigenvalue weighted by atomic mass is 35.5. The van der Waals surface area contributed by atoms with Gasteiger partial charge in [0.25, 0.3) is 0 Å². The van der Waals surface area contributed by atoms with Crippen molar-refractivity contribution in [2.75, 3.05) is 18.5 Å². The first-order valence-electron chi connectivity index (χ1n) is 20.8. The van der Waals surface area contributed by atoms with Crippen LogP contribution in [-0.2, 0) is 48.5 Å². The van der Waals surface area contributed by atoms with Gasteiger partial charge in [0.2, 0.25) is 5.28 Å². The lowest BCUT2D eigenvalue weighted by molar-refractivity contribution is -0.150. The summed E-state index contributed by atoms with van der Waals surface area (Å²) in [7, 11) is -9.10. The molecule has 4 unspecified atom stereocenters. The van der Waals surface area contributed by atoms with Gasteiger partial charge in [-0.1, -0.05) is 73.7 Å². The van der Waals surface area contributed by atoms with Crippen molar-refractivity contribution in [1.82, 2.24) is 29.7 Å². The molecule has 0 saturated carbocycles. The van der Waals surface area contributed by atoms with Crippen LogP contribution in [0.15, 0.2) is 97.3 Å². The second-order valence-electron chi connectivity index (χ2n) is 16.0. The number of rotatable bonds is 22. The second-order valence-corrected chi connectivity index (χ2v) is 19.7. The summed E-state index contributed by atoms with van der Waals surface area (Å²) in [5.74, 6) is -0.973. The van der Waals surface area contributed by atoms with Gasteiger partial charge in [0, 0.05) is 6.54 Å². The smallest absolute Gasteiger partial charge is 0.459 e. The predicted molar refractivity (Wildman–Crippen MR) is 240 cm³/mol. The number of halogens is 2. The summed E-state index contributed by atoms with van der Waals surface area (Å²) in [6.07, 6.45) is -4.61. The minimum Gasteiger partial charge on any atom is -0.462 e. The molecule has 1 aliphatic heterocycles. The Hall–Kier alpha value is -4.97. The van der Waals surface area contributed by atoms with Gasteiger partial charge in [0.05, 0.1) is 43.3 Å². The average molecular weight is 960 g/mol. The maximum absolute atomic E-state index is 17.7. The van der Waals surface area contributed by atoms with Crippen LogP contribution in [-0.4, -0.2) is 81.2 Å². The molecule has 18 nitrogen and oxygen atoms in total. The highest BCUT2D eigenvalue weighted by Crippen LogP contribution is 2.54. The summed E-state index contributed by atoms with van der Waals surface area (Å²) in [5.41, 5.74) is -0.531. The van der Waals surface area contributed by atoms with Crippen LogP contribution in [0.2, 0.25) is 5.28 Å². The molecule has 1 fully saturated rings. The summed E-state index contributed by atoms with van der Waals surface area (Å²) < 4.78 is 89.2. The fourth-order valence-corrected chi connectivity index (χ4v) is 9.81. The summed E-state index contributed by atoms with van der Waals surface area (Å²) >= 11 is 6.43. The molecule has 65 heavy (non-hydrogen) atoms. The van der Waals surface area contributed by atoms with E-state index < -0.39 is 88.9 Å². The first-order chi connectivity index (χ1) is 30.9. The first-order valence-corrected chi connectivity index (χ1v) is 24.3. The SMILES string of the molecule is CC(C)OC(=O)[C@H](C)NP(=O)(OC[C@H]1O[C@@H](n2cnc3c(NCc4ccccc4)nc(Cl)nc32)C(F)C1(C)COP(=O)(N[C@@H](C)C(=O)OC(C)C)Oc1ccccc1)Oc1ccccc1. The number of ether oxygens (including phenoxy) is 3. The Kier molecular flexibility index (Phi) is 16.4. The number of imidazole rings is 1. The molecule has 3 heterocycles. The van der Waals surface area contributed by atoms with Crippen LogP contribution in [0.25, 0.3) is 11.2 Å². The summed E-state index contributed by atoms with van der Waals surface area (Å²) in [5, 5.41) is 8.28. The van der Waals surface area contributed by atoms with Crippen molar-refractivity contribution in [2.45, 2.75) is 97.8 Å². The maximum atomic E-state index is 17.7. The van der Waals surface area contributed by atoms with E-state index in [1.54, 1.807) is 64.1 Å². The number of fused-ring (bicyclic) bond motifs is 1. The van der Waals surface area contributed by atoms with E-state index in [2.05, 4.69) is 30.4 Å². The number of nitrogens with one attached hydrogen (secondary N) is 3. The molecule has 0 spiro atoms. The molecule has 3 N–H and O–H groups in total. The summed E-state index contributed by atoms with van der Waals surface area (Å²) in [4.78, 5) is 39.0. The Bertz CT molecular complexity index is 2480. The topological polar surface area (TPSA) is 213 Å². The van der Waals surface area contributed by atoms with Crippen molar-refractivity contribution in [2.24, 2.45) is 5.41 Å². The molecule has 0 aliphatic carbocycles. The summed E-state index contributed by atoms with van der Waals surface area (Å²) in [6, 6.07) is 23.2. The van der Waals surface area contributed by atoms with Gasteiger partial charge in [-0.3, -0.25) is 23.2 Å². The lowest BCUT2D eigenvalue weighted by Crippen LogP contribution is -2.43. The number of para-hydroxylation sites is 2. The fourth-order valence-electron chi connectivity index (χ4n) is 6.54.